The normalized spacial score (nSPS) is 15.8. The van der Waals surface area contributed by atoms with Crippen LogP contribution in [0.5, 0.6) is 0 Å². The van der Waals surface area contributed by atoms with Crippen LogP contribution in [0.3, 0.4) is 0 Å². The molecule has 18 heavy (non-hydrogen) atoms. The smallest absolute Gasteiger partial charge is 0.224 e. The number of amides is 1. The molecule has 0 saturated carbocycles. The molecular formula is C14H22N2OS. The van der Waals surface area contributed by atoms with Crippen LogP contribution in [0.2, 0.25) is 0 Å². The molecule has 3 N–H and O–H groups in total. The largest absolute Gasteiger partial charge is 0.349 e. The van der Waals surface area contributed by atoms with Crippen LogP contribution in [0.15, 0.2) is 29.2 Å². The summed E-state index contributed by atoms with van der Waals surface area (Å²) in [5.41, 5.74) is 6.83. The van der Waals surface area contributed by atoms with Crippen LogP contribution in [0.4, 0.5) is 0 Å². The Labute approximate surface area is 114 Å². The fraction of sp³-hybridized carbons (Fsp3) is 0.500. The predicted molar refractivity (Wildman–Crippen MR) is 77.6 cm³/mol. The van der Waals surface area contributed by atoms with Gasteiger partial charge in [-0.3, -0.25) is 4.79 Å². The van der Waals surface area contributed by atoms with Gasteiger partial charge in [0, 0.05) is 16.9 Å². The summed E-state index contributed by atoms with van der Waals surface area (Å²) in [6, 6.07) is 8.11. The number of hydrogen-bond donors (Lipinski definition) is 2. The van der Waals surface area contributed by atoms with Gasteiger partial charge in [0.2, 0.25) is 5.91 Å². The van der Waals surface area contributed by atoms with Gasteiger partial charge >= 0.3 is 0 Å². The molecule has 3 atom stereocenters. The maximum atomic E-state index is 11.9. The summed E-state index contributed by atoms with van der Waals surface area (Å²) in [5, 5.41) is 2.99. The van der Waals surface area contributed by atoms with Gasteiger partial charge in [-0.05, 0) is 37.8 Å². The Morgan fingerprint density at radius 3 is 2.22 bits per heavy atom. The lowest BCUT2D eigenvalue weighted by Crippen LogP contribution is -2.39. The van der Waals surface area contributed by atoms with Crippen molar-refractivity contribution in [3.63, 3.8) is 0 Å². The van der Waals surface area contributed by atoms with Crippen molar-refractivity contribution < 1.29 is 4.79 Å². The van der Waals surface area contributed by atoms with Gasteiger partial charge in [0.1, 0.15) is 0 Å². The molecule has 1 rings (SSSR count). The highest BCUT2D eigenvalue weighted by Crippen LogP contribution is 2.19. The van der Waals surface area contributed by atoms with Gasteiger partial charge in [-0.15, -0.1) is 11.8 Å². The molecule has 0 bridgehead atoms. The third-order valence-electron chi connectivity index (χ3n) is 3.18. The minimum absolute atomic E-state index is 0.00597. The van der Waals surface area contributed by atoms with E-state index in [1.54, 1.807) is 11.8 Å². The van der Waals surface area contributed by atoms with Crippen molar-refractivity contribution in [1.82, 2.24) is 5.32 Å². The summed E-state index contributed by atoms with van der Waals surface area (Å²) in [7, 11) is 0. The number of thioether (sulfide) groups is 1. The molecule has 1 amide bonds. The van der Waals surface area contributed by atoms with E-state index in [0.29, 0.717) is 0 Å². The van der Waals surface area contributed by atoms with Gasteiger partial charge < -0.3 is 11.1 Å². The van der Waals surface area contributed by atoms with Crippen molar-refractivity contribution in [2.24, 2.45) is 11.7 Å². The fourth-order valence-corrected chi connectivity index (χ4v) is 1.97. The number of nitrogens with one attached hydrogen (secondary N) is 1. The number of hydrogen-bond acceptors (Lipinski definition) is 3. The molecule has 3 unspecified atom stereocenters. The topological polar surface area (TPSA) is 55.1 Å². The zero-order chi connectivity index (χ0) is 13.7. The third-order valence-corrected chi connectivity index (χ3v) is 3.92. The van der Waals surface area contributed by atoms with Crippen molar-refractivity contribution in [2.75, 3.05) is 6.26 Å². The predicted octanol–water partition coefficient (Wildman–Crippen LogP) is 2.57. The lowest BCUT2D eigenvalue weighted by molar-refractivity contribution is -0.125. The molecule has 4 heteroatoms. The molecule has 0 heterocycles. The summed E-state index contributed by atoms with van der Waals surface area (Å²) in [6.07, 6.45) is 2.05. The monoisotopic (exact) mass is 266 g/mol. The van der Waals surface area contributed by atoms with Crippen molar-refractivity contribution in [3.8, 4) is 0 Å². The van der Waals surface area contributed by atoms with E-state index in [-0.39, 0.29) is 23.9 Å². The molecule has 0 aliphatic carbocycles. The first-order chi connectivity index (χ1) is 8.45. The molecule has 0 spiro atoms. The Morgan fingerprint density at radius 2 is 1.78 bits per heavy atom. The Morgan fingerprint density at radius 1 is 1.22 bits per heavy atom. The lowest BCUT2D eigenvalue weighted by atomic mass is 10.0. The molecule has 0 radical (unpaired) electrons. The van der Waals surface area contributed by atoms with Crippen molar-refractivity contribution in [2.45, 2.75) is 37.8 Å². The maximum Gasteiger partial charge on any atom is 0.224 e. The maximum absolute atomic E-state index is 11.9. The van der Waals surface area contributed by atoms with Crippen molar-refractivity contribution >= 4 is 17.7 Å². The SMILES string of the molecule is CSc1ccc(C(C)NC(=O)C(C)C(C)N)cc1. The fourth-order valence-electron chi connectivity index (χ4n) is 1.56. The summed E-state index contributed by atoms with van der Waals surface area (Å²) >= 11 is 1.71. The summed E-state index contributed by atoms with van der Waals surface area (Å²) < 4.78 is 0. The number of benzene rings is 1. The molecule has 1 aromatic rings. The summed E-state index contributed by atoms with van der Waals surface area (Å²) in [5.74, 6) is -0.163. The molecular weight excluding hydrogens is 244 g/mol. The molecule has 100 valence electrons. The Hall–Kier alpha value is -1.00. The number of nitrogens with two attached hydrogens (primary N) is 1. The van der Waals surface area contributed by atoms with Gasteiger partial charge in [-0.25, -0.2) is 0 Å². The van der Waals surface area contributed by atoms with Crippen LogP contribution in [0.25, 0.3) is 0 Å². The molecule has 0 saturated heterocycles. The Bertz CT molecular complexity index is 389. The number of carbonyl (C=O) groups excluding carboxylic acids is 1. The van der Waals surface area contributed by atoms with Crippen LogP contribution in [0, 0.1) is 5.92 Å². The first-order valence-electron chi connectivity index (χ1n) is 6.15. The Balaban J connectivity index is 2.64. The highest BCUT2D eigenvalue weighted by Gasteiger charge is 2.19. The van der Waals surface area contributed by atoms with Crippen molar-refractivity contribution in [1.29, 1.82) is 0 Å². The van der Waals surface area contributed by atoms with Crippen molar-refractivity contribution in [3.05, 3.63) is 29.8 Å². The summed E-state index contributed by atoms with van der Waals surface area (Å²) in [6.45, 7) is 5.69. The first-order valence-corrected chi connectivity index (χ1v) is 7.38. The van der Waals surface area contributed by atoms with Gasteiger partial charge in [0.05, 0.1) is 6.04 Å². The average molecular weight is 266 g/mol. The van der Waals surface area contributed by atoms with E-state index in [9.17, 15) is 4.79 Å². The van der Waals surface area contributed by atoms with E-state index in [4.69, 9.17) is 5.73 Å². The van der Waals surface area contributed by atoms with Crippen LogP contribution in [-0.2, 0) is 4.79 Å². The third kappa shape index (κ3) is 4.03. The molecule has 1 aromatic carbocycles. The second-order valence-electron chi connectivity index (χ2n) is 4.65. The van der Waals surface area contributed by atoms with Gasteiger partial charge in [0.25, 0.3) is 0 Å². The molecule has 3 nitrogen and oxygen atoms in total. The molecule has 0 aliphatic rings. The first kappa shape index (κ1) is 15.1. The van der Waals surface area contributed by atoms with Gasteiger partial charge in [0.15, 0.2) is 0 Å². The number of carbonyl (C=O) groups is 1. The second kappa shape index (κ2) is 6.81. The van der Waals surface area contributed by atoms with E-state index >= 15 is 0 Å². The highest BCUT2D eigenvalue weighted by molar-refractivity contribution is 7.98. The average Bonchev–Trinajstić information content (AvgIpc) is 2.37. The van der Waals surface area contributed by atoms with E-state index in [2.05, 4.69) is 17.4 Å². The van der Waals surface area contributed by atoms with Crippen LogP contribution in [0.1, 0.15) is 32.4 Å². The van der Waals surface area contributed by atoms with E-state index in [1.807, 2.05) is 39.2 Å². The lowest BCUT2D eigenvalue weighted by Gasteiger charge is -2.20. The van der Waals surface area contributed by atoms with E-state index in [1.165, 1.54) is 4.90 Å². The minimum Gasteiger partial charge on any atom is -0.349 e. The van der Waals surface area contributed by atoms with Crippen LogP contribution < -0.4 is 11.1 Å². The zero-order valence-corrected chi connectivity index (χ0v) is 12.3. The van der Waals surface area contributed by atoms with Crippen LogP contribution >= 0.6 is 11.8 Å². The summed E-state index contributed by atoms with van der Waals surface area (Å²) in [4.78, 5) is 13.1. The highest BCUT2D eigenvalue weighted by atomic mass is 32.2. The van der Waals surface area contributed by atoms with Gasteiger partial charge in [-0.1, -0.05) is 19.1 Å². The molecule has 0 aliphatic heterocycles. The van der Waals surface area contributed by atoms with E-state index < -0.39 is 0 Å². The van der Waals surface area contributed by atoms with E-state index in [0.717, 1.165) is 5.56 Å². The second-order valence-corrected chi connectivity index (χ2v) is 5.53. The Kier molecular flexibility index (Phi) is 5.69. The molecule has 0 aromatic heterocycles. The van der Waals surface area contributed by atoms with Gasteiger partial charge in [-0.2, -0.15) is 0 Å². The standard InChI is InChI=1S/C14H22N2OS/c1-9(10(2)15)14(17)16-11(3)12-5-7-13(18-4)8-6-12/h5-11H,15H2,1-4H3,(H,16,17). The minimum atomic E-state index is -0.169. The van der Waals surface area contributed by atoms with Crippen LogP contribution in [-0.4, -0.2) is 18.2 Å². The quantitative estimate of drug-likeness (QED) is 0.805. The zero-order valence-electron chi connectivity index (χ0n) is 11.4. The molecule has 0 fully saturated rings. The number of rotatable bonds is 5.